The maximum atomic E-state index is 6.24. The summed E-state index contributed by atoms with van der Waals surface area (Å²) in [5, 5.41) is 1.35. The standard InChI is InChI=1S/C13H19Cl2N/c1-2-5-10(6-4-9-16)11-7-3-8-12(14)13(11)15/h3,7-8,10H,2,4-6,9,16H2,1H3. The summed E-state index contributed by atoms with van der Waals surface area (Å²) in [4.78, 5) is 0. The molecule has 1 aromatic rings. The van der Waals surface area contributed by atoms with Crippen LogP contribution >= 0.6 is 23.2 Å². The van der Waals surface area contributed by atoms with Gasteiger partial charge in [-0.2, -0.15) is 0 Å². The van der Waals surface area contributed by atoms with E-state index < -0.39 is 0 Å². The lowest BCUT2D eigenvalue weighted by Gasteiger charge is -2.18. The summed E-state index contributed by atoms with van der Waals surface area (Å²) in [5.74, 6) is 0.486. The minimum atomic E-state index is 0.486. The molecule has 1 rings (SSSR count). The normalized spacial score (nSPS) is 12.8. The molecule has 1 atom stereocenters. The van der Waals surface area contributed by atoms with Gasteiger partial charge in [0.15, 0.2) is 0 Å². The minimum absolute atomic E-state index is 0.486. The summed E-state index contributed by atoms with van der Waals surface area (Å²) in [6.45, 7) is 2.92. The van der Waals surface area contributed by atoms with Crippen molar-refractivity contribution >= 4 is 23.2 Å². The van der Waals surface area contributed by atoms with Crippen LogP contribution in [0.5, 0.6) is 0 Å². The second kappa shape index (κ2) is 7.16. The molecule has 0 amide bonds. The van der Waals surface area contributed by atoms with Crippen molar-refractivity contribution in [2.75, 3.05) is 6.54 Å². The van der Waals surface area contributed by atoms with E-state index in [1.807, 2.05) is 12.1 Å². The highest BCUT2D eigenvalue weighted by Gasteiger charge is 2.14. The second-order valence-corrected chi connectivity index (χ2v) is 4.84. The van der Waals surface area contributed by atoms with Crippen LogP contribution in [0.4, 0.5) is 0 Å². The number of rotatable bonds is 6. The molecule has 0 bridgehead atoms. The average Bonchev–Trinajstić information content (AvgIpc) is 2.28. The quantitative estimate of drug-likeness (QED) is 0.793. The van der Waals surface area contributed by atoms with Gasteiger partial charge in [0.2, 0.25) is 0 Å². The number of nitrogens with two attached hydrogens (primary N) is 1. The first-order valence-corrected chi connectivity index (χ1v) is 6.60. The fourth-order valence-electron chi connectivity index (χ4n) is 2.00. The Morgan fingerprint density at radius 1 is 1.25 bits per heavy atom. The van der Waals surface area contributed by atoms with Crippen molar-refractivity contribution in [3.05, 3.63) is 33.8 Å². The third kappa shape index (κ3) is 3.65. The highest BCUT2D eigenvalue weighted by Crippen LogP contribution is 2.35. The number of benzene rings is 1. The molecular weight excluding hydrogens is 241 g/mol. The van der Waals surface area contributed by atoms with Gasteiger partial charge >= 0.3 is 0 Å². The van der Waals surface area contributed by atoms with Gasteiger partial charge in [0.25, 0.3) is 0 Å². The van der Waals surface area contributed by atoms with Crippen molar-refractivity contribution in [2.24, 2.45) is 5.73 Å². The van der Waals surface area contributed by atoms with Crippen LogP contribution in [-0.4, -0.2) is 6.54 Å². The molecular formula is C13H19Cl2N. The van der Waals surface area contributed by atoms with Crippen LogP contribution in [-0.2, 0) is 0 Å². The van der Waals surface area contributed by atoms with E-state index in [2.05, 4.69) is 13.0 Å². The van der Waals surface area contributed by atoms with E-state index in [1.54, 1.807) is 0 Å². The molecule has 3 heteroatoms. The lowest BCUT2D eigenvalue weighted by atomic mass is 9.90. The van der Waals surface area contributed by atoms with E-state index in [0.717, 1.165) is 32.2 Å². The Bertz CT molecular complexity index is 326. The smallest absolute Gasteiger partial charge is 0.0627 e. The molecule has 0 heterocycles. The zero-order valence-corrected chi connectivity index (χ0v) is 11.2. The maximum Gasteiger partial charge on any atom is 0.0627 e. The Hall–Kier alpha value is -0.240. The summed E-state index contributed by atoms with van der Waals surface area (Å²) in [7, 11) is 0. The first kappa shape index (κ1) is 13.8. The topological polar surface area (TPSA) is 26.0 Å². The van der Waals surface area contributed by atoms with Crippen LogP contribution < -0.4 is 5.73 Å². The molecule has 16 heavy (non-hydrogen) atoms. The fourth-order valence-corrected chi connectivity index (χ4v) is 2.47. The Morgan fingerprint density at radius 3 is 2.62 bits per heavy atom. The lowest BCUT2D eigenvalue weighted by molar-refractivity contribution is 0.550. The van der Waals surface area contributed by atoms with Crippen molar-refractivity contribution in [1.82, 2.24) is 0 Å². The highest BCUT2D eigenvalue weighted by atomic mass is 35.5. The van der Waals surface area contributed by atoms with E-state index in [1.165, 1.54) is 5.56 Å². The van der Waals surface area contributed by atoms with Crippen LogP contribution in [0.15, 0.2) is 18.2 Å². The molecule has 2 N–H and O–H groups in total. The second-order valence-electron chi connectivity index (χ2n) is 4.06. The molecule has 0 saturated carbocycles. The number of hydrogen-bond donors (Lipinski definition) is 1. The van der Waals surface area contributed by atoms with Crippen LogP contribution in [0.2, 0.25) is 10.0 Å². The van der Waals surface area contributed by atoms with Crippen LogP contribution in [0.25, 0.3) is 0 Å². The molecule has 0 aliphatic carbocycles. The Kier molecular flexibility index (Phi) is 6.18. The van der Waals surface area contributed by atoms with Crippen LogP contribution in [0, 0.1) is 0 Å². The Labute approximate surface area is 108 Å². The average molecular weight is 260 g/mol. The molecule has 0 saturated heterocycles. The first-order chi connectivity index (χ1) is 7.70. The lowest BCUT2D eigenvalue weighted by Crippen LogP contribution is -2.05. The molecule has 1 nitrogen and oxygen atoms in total. The monoisotopic (exact) mass is 259 g/mol. The third-order valence-electron chi connectivity index (χ3n) is 2.82. The Morgan fingerprint density at radius 2 is 2.00 bits per heavy atom. The number of hydrogen-bond acceptors (Lipinski definition) is 1. The zero-order chi connectivity index (χ0) is 12.0. The van der Waals surface area contributed by atoms with E-state index in [-0.39, 0.29) is 0 Å². The summed E-state index contributed by atoms with van der Waals surface area (Å²) in [6.07, 6.45) is 4.41. The van der Waals surface area contributed by atoms with Gasteiger partial charge in [-0.3, -0.25) is 0 Å². The van der Waals surface area contributed by atoms with E-state index in [0.29, 0.717) is 16.0 Å². The highest BCUT2D eigenvalue weighted by molar-refractivity contribution is 6.42. The van der Waals surface area contributed by atoms with Gasteiger partial charge < -0.3 is 5.73 Å². The van der Waals surface area contributed by atoms with Gasteiger partial charge in [-0.1, -0.05) is 48.7 Å². The van der Waals surface area contributed by atoms with E-state index in [4.69, 9.17) is 28.9 Å². The van der Waals surface area contributed by atoms with Crippen molar-refractivity contribution in [1.29, 1.82) is 0 Å². The SMILES string of the molecule is CCCC(CCCN)c1cccc(Cl)c1Cl. The molecule has 90 valence electrons. The van der Waals surface area contributed by atoms with Crippen molar-refractivity contribution < 1.29 is 0 Å². The molecule has 0 aliphatic heterocycles. The molecule has 0 aliphatic rings. The van der Waals surface area contributed by atoms with E-state index >= 15 is 0 Å². The van der Waals surface area contributed by atoms with Gasteiger partial charge in [-0.15, -0.1) is 0 Å². The zero-order valence-electron chi connectivity index (χ0n) is 9.68. The summed E-state index contributed by atoms with van der Waals surface area (Å²) < 4.78 is 0. The fraction of sp³-hybridized carbons (Fsp3) is 0.538. The third-order valence-corrected chi connectivity index (χ3v) is 3.65. The molecule has 0 aromatic heterocycles. The minimum Gasteiger partial charge on any atom is -0.330 e. The van der Waals surface area contributed by atoms with Crippen molar-refractivity contribution in [2.45, 2.75) is 38.5 Å². The van der Waals surface area contributed by atoms with Gasteiger partial charge in [0.1, 0.15) is 0 Å². The molecule has 1 unspecified atom stereocenters. The summed E-state index contributed by atoms with van der Waals surface area (Å²) in [5.41, 5.74) is 6.73. The molecule has 0 fully saturated rings. The number of halogens is 2. The van der Waals surface area contributed by atoms with Gasteiger partial charge in [-0.25, -0.2) is 0 Å². The van der Waals surface area contributed by atoms with Gasteiger partial charge in [0, 0.05) is 0 Å². The van der Waals surface area contributed by atoms with Crippen LogP contribution in [0.3, 0.4) is 0 Å². The predicted molar refractivity (Wildman–Crippen MR) is 72.4 cm³/mol. The maximum absolute atomic E-state index is 6.24. The van der Waals surface area contributed by atoms with Gasteiger partial charge in [0.05, 0.1) is 10.0 Å². The first-order valence-electron chi connectivity index (χ1n) is 5.84. The molecule has 0 spiro atoms. The predicted octanol–water partition coefficient (Wildman–Crippen LogP) is 4.62. The molecule has 0 radical (unpaired) electrons. The van der Waals surface area contributed by atoms with E-state index in [9.17, 15) is 0 Å². The summed E-state index contributed by atoms with van der Waals surface area (Å²) >= 11 is 12.3. The van der Waals surface area contributed by atoms with Crippen molar-refractivity contribution in [3.8, 4) is 0 Å². The molecule has 1 aromatic carbocycles. The largest absolute Gasteiger partial charge is 0.330 e. The Balaban J connectivity index is 2.86. The van der Waals surface area contributed by atoms with Crippen LogP contribution in [0.1, 0.15) is 44.1 Å². The summed E-state index contributed by atoms with van der Waals surface area (Å²) in [6, 6.07) is 5.87. The van der Waals surface area contributed by atoms with Gasteiger partial charge in [-0.05, 0) is 43.4 Å². The van der Waals surface area contributed by atoms with Crippen molar-refractivity contribution in [3.63, 3.8) is 0 Å².